The number of hydrogen-bond acceptors (Lipinski definition) is 3. The van der Waals surface area contributed by atoms with Crippen molar-refractivity contribution < 1.29 is 9.90 Å². The van der Waals surface area contributed by atoms with Crippen molar-refractivity contribution in [3.8, 4) is 0 Å². The number of nitrogens with zero attached hydrogens (tertiary/aromatic N) is 2. The molecule has 4 nitrogen and oxygen atoms in total. The number of carbonyl (C=O) groups is 1. The molecule has 0 saturated carbocycles. The third kappa shape index (κ3) is 2.96. The first-order chi connectivity index (χ1) is 9.50. The van der Waals surface area contributed by atoms with Gasteiger partial charge in [0.15, 0.2) is 0 Å². The SMILES string of the molecule is CC(O)CN(C(=O)c1cncc2ccccc12)C(C)C. The Labute approximate surface area is 119 Å². The van der Waals surface area contributed by atoms with Crippen LogP contribution in [0.5, 0.6) is 0 Å². The van der Waals surface area contributed by atoms with Gasteiger partial charge in [0, 0.05) is 30.4 Å². The van der Waals surface area contributed by atoms with E-state index in [9.17, 15) is 9.90 Å². The van der Waals surface area contributed by atoms with E-state index in [1.807, 2.05) is 38.1 Å². The minimum absolute atomic E-state index is 0.0241. The minimum atomic E-state index is -0.552. The summed E-state index contributed by atoms with van der Waals surface area (Å²) < 4.78 is 0. The zero-order chi connectivity index (χ0) is 14.7. The number of fused-ring (bicyclic) bond motifs is 1. The van der Waals surface area contributed by atoms with E-state index in [1.54, 1.807) is 24.2 Å². The van der Waals surface area contributed by atoms with Gasteiger partial charge in [-0.25, -0.2) is 0 Å². The van der Waals surface area contributed by atoms with Crippen LogP contribution < -0.4 is 0 Å². The normalized spacial score (nSPS) is 12.7. The van der Waals surface area contributed by atoms with Crippen LogP contribution in [-0.4, -0.2) is 39.6 Å². The van der Waals surface area contributed by atoms with Crippen LogP contribution in [0, 0.1) is 0 Å². The molecule has 1 aromatic heterocycles. The molecule has 1 heterocycles. The Morgan fingerprint density at radius 3 is 2.60 bits per heavy atom. The molecule has 20 heavy (non-hydrogen) atoms. The number of amides is 1. The summed E-state index contributed by atoms with van der Waals surface area (Å²) >= 11 is 0. The van der Waals surface area contributed by atoms with E-state index in [4.69, 9.17) is 0 Å². The molecule has 4 heteroatoms. The highest BCUT2D eigenvalue weighted by molar-refractivity contribution is 6.06. The van der Waals surface area contributed by atoms with Crippen molar-refractivity contribution in [2.24, 2.45) is 0 Å². The van der Waals surface area contributed by atoms with Gasteiger partial charge in [-0.15, -0.1) is 0 Å². The molecule has 1 atom stereocenters. The number of carbonyl (C=O) groups excluding carboxylic acids is 1. The Hall–Kier alpha value is -1.94. The maximum Gasteiger partial charge on any atom is 0.256 e. The van der Waals surface area contributed by atoms with Gasteiger partial charge in [-0.05, 0) is 26.2 Å². The largest absolute Gasteiger partial charge is 0.392 e. The maximum absolute atomic E-state index is 12.7. The lowest BCUT2D eigenvalue weighted by Gasteiger charge is -2.28. The summed E-state index contributed by atoms with van der Waals surface area (Å²) in [5.41, 5.74) is 0.581. The second-order valence-corrected chi connectivity index (χ2v) is 5.31. The Balaban J connectivity index is 2.44. The molecular formula is C16H20N2O2. The summed E-state index contributed by atoms with van der Waals surface area (Å²) in [6.45, 7) is 5.89. The van der Waals surface area contributed by atoms with Crippen molar-refractivity contribution in [2.45, 2.75) is 32.9 Å². The molecule has 1 aromatic carbocycles. The van der Waals surface area contributed by atoms with Gasteiger partial charge in [-0.2, -0.15) is 0 Å². The molecule has 1 amide bonds. The van der Waals surface area contributed by atoms with E-state index in [-0.39, 0.29) is 11.9 Å². The van der Waals surface area contributed by atoms with E-state index < -0.39 is 6.10 Å². The van der Waals surface area contributed by atoms with Crippen LogP contribution >= 0.6 is 0 Å². The van der Waals surface area contributed by atoms with Crippen LogP contribution in [0.4, 0.5) is 0 Å². The first-order valence-electron chi connectivity index (χ1n) is 6.82. The second kappa shape index (κ2) is 6.01. The lowest BCUT2D eigenvalue weighted by atomic mass is 10.1. The van der Waals surface area contributed by atoms with E-state index in [2.05, 4.69) is 4.98 Å². The third-order valence-corrected chi connectivity index (χ3v) is 3.24. The van der Waals surface area contributed by atoms with Crippen molar-refractivity contribution in [3.05, 3.63) is 42.2 Å². The van der Waals surface area contributed by atoms with Gasteiger partial charge in [0.2, 0.25) is 0 Å². The molecule has 0 fully saturated rings. The molecular weight excluding hydrogens is 252 g/mol. The fourth-order valence-electron chi connectivity index (χ4n) is 2.25. The van der Waals surface area contributed by atoms with Gasteiger partial charge in [0.05, 0.1) is 11.7 Å². The molecule has 0 radical (unpaired) electrons. The van der Waals surface area contributed by atoms with Crippen LogP contribution in [0.3, 0.4) is 0 Å². The number of benzene rings is 1. The highest BCUT2D eigenvalue weighted by atomic mass is 16.3. The molecule has 0 saturated heterocycles. The second-order valence-electron chi connectivity index (χ2n) is 5.31. The maximum atomic E-state index is 12.7. The summed E-state index contributed by atoms with van der Waals surface area (Å²) in [5, 5.41) is 11.4. The van der Waals surface area contributed by atoms with Crippen LogP contribution in [0.2, 0.25) is 0 Å². The minimum Gasteiger partial charge on any atom is -0.392 e. The number of aliphatic hydroxyl groups is 1. The van der Waals surface area contributed by atoms with Crippen LogP contribution in [0.15, 0.2) is 36.7 Å². The number of aromatic nitrogens is 1. The number of rotatable bonds is 4. The average Bonchev–Trinajstić information content (AvgIpc) is 2.43. The zero-order valence-corrected chi connectivity index (χ0v) is 12.1. The van der Waals surface area contributed by atoms with Crippen LogP contribution in [-0.2, 0) is 0 Å². The van der Waals surface area contributed by atoms with Gasteiger partial charge >= 0.3 is 0 Å². The van der Waals surface area contributed by atoms with Gasteiger partial charge in [0.25, 0.3) is 5.91 Å². The average molecular weight is 272 g/mol. The third-order valence-electron chi connectivity index (χ3n) is 3.24. The van der Waals surface area contributed by atoms with Crippen LogP contribution in [0.25, 0.3) is 10.8 Å². The number of aliphatic hydroxyl groups excluding tert-OH is 1. The number of hydrogen-bond donors (Lipinski definition) is 1. The highest BCUT2D eigenvalue weighted by Gasteiger charge is 2.22. The summed E-state index contributed by atoms with van der Waals surface area (Å²) in [4.78, 5) is 18.5. The molecule has 1 unspecified atom stereocenters. The Morgan fingerprint density at radius 1 is 1.25 bits per heavy atom. The fourth-order valence-corrected chi connectivity index (χ4v) is 2.25. The van der Waals surface area contributed by atoms with Crippen molar-refractivity contribution in [1.82, 2.24) is 9.88 Å². The summed E-state index contributed by atoms with van der Waals surface area (Å²) in [5.74, 6) is -0.0924. The molecule has 0 aliphatic rings. The molecule has 106 valence electrons. The van der Waals surface area contributed by atoms with Crippen molar-refractivity contribution in [1.29, 1.82) is 0 Å². The quantitative estimate of drug-likeness (QED) is 0.930. The van der Waals surface area contributed by atoms with E-state index in [1.165, 1.54) is 0 Å². The Bertz CT molecular complexity index is 603. The lowest BCUT2D eigenvalue weighted by Crippen LogP contribution is -2.41. The van der Waals surface area contributed by atoms with Crippen molar-refractivity contribution in [2.75, 3.05) is 6.54 Å². The summed E-state index contributed by atoms with van der Waals surface area (Å²) in [7, 11) is 0. The van der Waals surface area contributed by atoms with Gasteiger partial charge in [0.1, 0.15) is 0 Å². The number of pyridine rings is 1. The van der Waals surface area contributed by atoms with Crippen LogP contribution in [0.1, 0.15) is 31.1 Å². The Morgan fingerprint density at radius 2 is 1.95 bits per heavy atom. The molecule has 0 aliphatic carbocycles. The van der Waals surface area contributed by atoms with Gasteiger partial charge < -0.3 is 10.0 Å². The van der Waals surface area contributed by atoms with E-state index in [0.717, 1.165) is 10.8 Å². The molecule has 0 aliphatic heterocycles. The Kier molecular flexibility index (Phi) is 4.35. The monoisotopic (exact) mass is 272 g/mol. The standard InChI is InChI=1S/C16H20N2O2/c1-11(2)18(10-12(3)19)16(20)15-9-17-8-13-6-4-5-7-14(13)15/h4-9,11-12,19H,10H2,1-3H3. The fraction of sp³-hybridized carbons (Fsp3) is 0.375. The van der Waals surface area contributed by atoms with E-state index in [0.29, 0.717) is 12.1 Å². The topological polar surface area (TPSA) is 53.4 Å². The first-order valence-corrected chi connectivity index (χ1v) is 6.82. The lowest BCUT2D eigenvalue weighted by molar-refractivity contribution is 0.0580. The zero-order valence-electron chi connectivity index (χ0n) is 12.1. The molecule has 0 spiro atoms. The molecule has 2 rings (SSSR count). The summed E-state index contributed by atoms with van der Waals surface area (Å²) in [6.07, 6.45) is 2.80. The summed E-state index contributed by atoms with van der Waals surface area (Å²) in [6, 6.07) is 7.72. The highest BCUT2D eigenvalue weighted by Crippen LogP contribution is 2.19. The first kappa shape index (κ1) is 14.5. The van der Waals surface area contributed by atoms with Crippen molar-refractivity contribution in [3.63, 3.8) is 0 Å². The predicted molar refractivity (Wildman–Crippen MR) is 79.6 cm³/mol. The van der Waals surface area contributed by atoms with E-state index >= 15 is 0 Å². The molecule has 1 N–H and O–H groups in total. The van der Waals surface area contributed by atoms with Gasteiger partial charge in [-0.1, -0.05) is 24.3 Å². The van der Waals surface area contributed by atoms with Crippen molar-refractivity contribution >= 4 is 16.7 Å². The molecule has 0 bridgehead atoms. The van der Waals surface area contributed by atoms with Gasteiger partial charge in [-0.3, -0.25) is 9.78 Å². The predicted octanol–water partition coefficient (Wildman–Crippen LogP) is 2.47. The smallest absolute Gasteiger partial charge is 0.256 e. The molecule has 2 aromatic rings.